The highest BCUT2D eigenvalue weighted by atomic mass is 35.5. The van der Waals surface area contributed by atoms with E-state index in [0.717, 1.165) is 66.9 Å². The van der Waals surface area contributed by atoms with Crippen LogP contribution >= 0.6 is 11.6 Å². The molecule has 0 spiro atoms. The first kappa shape index (κ1) is 25.9. The van der Waals surface area contributed by atoms with Crippen molar-refractivity contribution in [3.05, 3.63) is 99.6 Å². The summed E-state index contributed by atoms with van der Waals surface area (Å²) < 4.78 is 37.9. The third-order valence-electron chi connectivity index (χ3n) is 8.55. The van der Waals surface area contributed by atoms with Crippen molar-refractivity contribution in [3.8, 4) is 5.75 Å². The number of carbonyl (C=O) groups is 1. The van der Waals surface area contributed by atoms with E-state index in [1.54, 1.807) is 30.3 Å². The van der Waals surface area contributed by atoms with Crippen LogP contribution < -0.4 is 4.74 Å². The zero-order valence-corrected chi connectivity index (χ0v) is 23.7. The van der Waals surface area contributed by atoms with Crippen molar-refractivity contribution in [1.29, 1.82) is 0 Å². The van der Waals surface area contributed by atoms with Gasteiger partial charge in [0.05, 0.1) is 37.2 Å². The Bertz CT molecular complexity index is 1750. The topological polar surface area (TPSA) is 76.8 Å². The van der Waals surface area contributed by atoms with Crippen molar-refractivity contribution in [3.63, 3.8) is 0 Å². The van der Waals surface area contributed by atoms with Crippen molar-refractivity contribution in [2.75, 3.05) is 19.7 Å². The second-order valence-electron chi connectivity index (χ2n) is 11.2. The second kappa shape index (κ2) is 11.2. The van der Waals surface area contributed by atoms with Gasteiger partial charge in [-0.1, -0.05) is 41.9 Å². The number of aromatic nitrogens is 2. The number of rotatable bonds is 7. The minimum Gasteiger partial charge on any atom is -0.481 e. The molecular formula is C33H31ClFN3O4. The monoisotopic (exact) mass is 588 g/mol. The Balaban J connectivity index is 1.09. The quantitative estimate of drug-likeness (QED) is 0.255. The average molecular weight is 589 g/mol. The SMILES string of the molecule is [2H][C@]1(c2ccc(Cl)cc2F)C=Cc2cccc(C3CCN(Cc4nc5ccc(C(=O)O)cc5n4C[C@@H]4CCO4)CC3)c2O1. The maximum atomic E-state index is 14.8. The van der Waals surface area contributed by atoms with E-state index < -0.39 is 17.9 Å². The molecule has 9 heteroatoms. The molecule has 2 atom stereocenters. The molecule has 4 aromatic rings. The Morgan fingerprint density at radius 2 is 1.95 bits per heavy atom. The maximum absolute atomic E-state index is 14.8. The van der Waals surface area contributed by atoms with E-state index >= 15 is 0 Å². The van der Waals surface area contributed by atoms with Gasteiger partial charge in [0.25, 0.3) is 0 Å². The van der Waals surface area contributed by atoms with Gasteiger partial charge in [0, 0.05) is 22.8 Å². The third kappa shape index (κ3) is 5.19. The number of benzene rings is 3. The largest absolute Gasteiger partial charge is 0.481 e. The first-order valence-corrected chi connectivity index (χ1v) is 14.7. The molecule has 4 heterocycles. The van der Waals surface area contributed by atoms with Gasteiger partial charge in [0.2, 0.25) is 0 Å². The first-order chi connectivity index (χ1) is 20.8. The molecule has 216 valence electrons. The molecule has 0 unspecified atom stereocenters. The van der Waals surface area contributed by atoms with Crippen molar-refractivity contribution < 1.29 is 25.1 Å². The summed E-state index contributed by atoms with van der Waals surface area (Å²) in [6, 6.07) is 15.4. The van der Waals surface area contributed by atoms with E-state index in [1.165, 1.54) is 12.1 Å². The number of nitrogens with zero attached hydrogens (tertiary/aromatic N) is 3. The summed E-state index contributed by atoms with van der Waals surface area (Å²) in [5.41, 5.74) is 3.88. The van der Waals surface area contributed by atoms with Crippen LogP contribution in [-0.2, 0) is 17.8 Å². The van der Waals surface area contributed by atoms with E-state index in [-0.39, 0.29) is 28.2 Å². The van der Waals surface area contributed by atoms with Crippen LogP contribution in [0.2, 0.25) is 5.02 Å². The van der Waals surface area contributed by atoms with Crippen LogP contribution in [0, 0.1) is 5.82 Å². The zero-order valence-electron chi connectivity index (χ0n) is 23.9. The molecule has 42 heavy (non-hydrogen) atoms. The van der Waals surface area contributed by atoms with Crippen LogP contribution in [0.15, 0.2) is 60.7 Å². The Kier molecular flexibility index (Phi) is 6.90. The molecule has 7 rings (SSSR count). The van der Waals surface area contributed by atoms with Crippen molar-refractivity contribution in [1.82, 2.24) is 14.5 Å². The number of carboxylic acid groups (broad SMARTS) is 1. The van der Waals surface area contributed by atoms with Crippen LogP contribution in [0.3, 0.4) is 0 Å². The molecule has 3 aliphatic heterocycles. The number of ether oxygens (including phenoxy) is 2. The summed E-state index contributed by atoms with van der Waals surface area (Å²) in [4.78, 5) is 18.9. The van der Waals surface area contributed by atoms with Gasteiger partial charge in [-0.25, -0.2) is 14.2 Å². The number of hydrogen-bond acceptors (Lipinski definition) is 5. The highest BCUT2D eigenvalue weighted by Gasteiger charge is 2.29. The van der Waals surface area contributed by atoms with Gasteiger partial charge < -0.3 is 19.1 Å². The van der Waals surface area contributed by atoms with Crippen LogP contribution in [0.4, 0.5) is 4.39 Å². The van der Waals surface area contributed by atoms with Gasteiger partial charge >= 0.3 is 5.97 Å². The molecular weight excluding hydrogens is 557 g/mol. The number of aromatic carboxylic acids is 1. The van der Waals surface area contributed by atoms with Crippen LogP contribution in [0.5, 0.6) is 5.75 Å². The van der Waals surface area contributed by atoms with Gasteiger partial charge in [-0.2, -0.15) is 0 Å². The lowest BCUT2D eigenvalue weighted by atomic mass is 9.87. The number of carboxylic acids is 1. The molecule has 2 saturated heterocycles. The predicted molar refractivity (Wildman–Crippen MR) is 159 cm³/mol. The summed E-state index contributed by atoms with van der Waals surface area (Å²) in [5.74, 6) is 0.222. The Labute approximate surface area is 249 Å². The fraction of sp³-hybridized carbons (Fsp3) is 0.333. The Morgan fingerprint density at radius 1 is 1.12 bits per heavy atom. The summed E-state index contributed by atoms with van der Waals surface area (Å²) >= 11 is 5.95. The second-order valence-corrected chi connectivity index (χ2v) is 11.6. The molecule has 2 fully saturated rings. The number of likely N-dealkylation sites (tertiary alicyclic amines) is 1. The Hall–Kier alpha value is -3.72. The normalized spacial score (nSPS) is 22.8. The average Bonchev–Trinajstić information content (AvgIpc) is 3.30. The Morgan fingerprint density at radius 3 is 2.69 bits per heavy atom. The maximum Gasteiger partial charge on any atom is 0.335 e. The van der Waals surface area contributed by atoms with E-state index in [0.29, 0.717) is 18.8 Å². The first-order valence-electron chi connectivity index (χ1n) is 14.8. The minimum atomic E-state index is -1.69. The summed E-state index contributed by atoms with van der Waals surface area (Å²) in [5, 5.41) is 9.81. The van der Waals surface area contributed by atoms with Crippen molar-refractivity contribution in [2.45, 2.75) is 50.5 Å². The smallest absolute Gasteiger partial charge is 0.335 e. The predicted octanol–water partition coefficient (Wildman–Crippen LogP) is 6.84. The fourth-order valence-corrected chi connectivity index (χ4v) is 6.31. The van der Waals surface area contributed by atoms with Crippen molar-refractivity contribution >= 4 is 34.7 Å². The highest BCUT2D eigenvalue weighted by Crippen LogP contribution is 2.42. The third-order valence-corrected chi connectivity index (χ3v) is 8.78. The molecule has 0 amide bonds. The number of fused-ring (bicyclic) bond motifs is 2. The highest BCUT2D eigenvalue weighted by molar-refractivity contribution is 6.30. The summed E-state index contributed by atoms with van der Waals surface area (Å²) in [6.45, 7) is 3.72. The van der Waals surface area contributed by atoms with E-state index in [4.69, 9.17) is 27.4 Å². The molecule has 0 bridgehead atoms. The zero-order chi connectivity index (χ0) is 29.7. The fourth-order valence-electron chi connectivity index (χ4n) is 6.15. The van der Waals surface area contributed by atoms with Crippen molar-refractivity contribution in [2.24, 2.45) is 0 Å². The van der Waals surface area contributed by atoms with Crippen LogP contribution in [0.1, 0.15) is 65.5 Å². The molecule has 0 radical (unpaired) electrons. The van der Waals surface area contributed by atoms with Gasteiger partial charge in [0.1, 0.15) is 23.5 Å². The van der Waals surface area contributed by atoms with Gasteiger partial charge in [-0.3, -0.25) is 4.90 Å². The number of para-hydroxylation sites is 1. The molecule has 3 aliphatic rings. The van der Waals surface area contributed by atoms with E-state index in [2.05, 4.69) is 15.5 Å². The molecule has 0 aliphatic carbocycles. The lowest BCUT2D eigenvalue weighted by Gasteiger charge is -2.34. The lowest BCUT2D eigenvalue weighted by Crippen LogP contribution is -2.35. The van der Waals surface area contributed by atoms with Gasteiger partial charge in [-0.15, -0.1) is 0 Å². The standard InChI is InChI=1S/C33H31ClFN3O4/c34-23-6-7-26(27(35)17-23)30-9-5-21-2-1-3-25(32(21)42-30)20-10-13-37(14-11-20)19-31-36-28-8-4-22(33(39)40)16-29(28)38(31)18-24-12-15-41-24/h1-9,16-17,20,24,30H,10-15,18-19H2,(H,39,40)/t24-,30+/m0/s1/i30D. The van der Waals surface area contributed by atoms with Crippen LogP contribution in [0.25, 0.3) is 17.1 Å². The lowest BCUT2D eigenvalue weighted by molar-refractivity contribution is -0.0592. The summed E-state index contributed by atoms with van der Waals surface area (Å²) in [7, 11) is 0. The number of piperidine rings is 1. The number of halogens is 2. The molecule has 3 aromatic carbocycles. The minimum absolute atomic E-state index is 0.110. The van der Waals surface area contributed by atoms with E-state index in [1.807, 2.05) is 18.2 Å². The van der Waals surface area contributed by atoms with Crippen LogP contribution in [-0.4, -0.2) is 51.3 Å². The molecule has 1 N–H and O–H groups in total. The van der Waals surface area contributed by atoms with Gasteiger partial charge in [-0.05, 0) is 80.2 Å². The summed E-state index contributed by atoms with van der Waals surface area (Å²) in [6.07, 6.45) is 4.59. The molecule has 7 nitrogen and oxygen atoms in total. The van der Waals surface area contributed by atoms with Gasteiger partial charge in [0.15, 0.2) is 0 Å². The number of hydrogen-bond donors (Lipinski definition) is 1. The van der Waals surface area contributed by atoms with E-state index in [9.17, 15) is 14.3 Å². The molecule has 1 aromatic heterocycles. The number of imidazole rings is 1. The molecule has 0 saturated carbocycles.